The van der Waals surface area contributed by atoms with Gasteiger partial charge < -0.3 is 15.4 Å². The maximum Gasteiger partial charge on any atom is 0.225 e. The fourth-order valence-corrected chi connectivity index (χ4v) is 1.89. The van der Waals surface area contributed by atoms with Crippen LogP contribution in [0.3, 0.4) is 0 Å². The highest BCUT2D eigenvalue weighted by atomic mass is 16.5. The van der Waals surface area contributed by atoms with E-state index in [4.69, 9.17) is 10.5 Å². The number of likely N-dealkylation sites (N-methyl/N-ethyl adjacent to an activating group) is 1. The Balaban J connectivity index is 2.52. The third kappa shape index (κ3) is 3.46. The van der Waals surface area contributed by atoms with Crippen molar-refractivity contribution in [3.63, 3.8) is 0 Å². The maximum atomic E-state index is 12.0. The van der Waals surface area contributed by atoms with Crippen molar-refractivity contribution < 1.29 is 9.53 Å². The molecule has 4 heteroatoms. The first-order valence-electron chi connectivity index (χ1n) is 5.92. The zero-order valence-corrected chi connectivity index (χ0v) is 10.8. The van der Waals surface area contributed by atoms with Crippen LogP contribution in [0.4, 0.5) is 0 Å². The third-order valence-electron chi connectivity index (χ3n) is 3.43. The van der Waals surface area contributed by atoms with Gasteiger partial charge in [-0.3, -0.25) is 4.79 Å². The van der Waals surface area contributed by atoms with E-state index in [1.807, 2.05) is 20.9 Å². The van der Waals surface area contributed by atoms with Crippen molar-refractivity contribution in [1.82, 2.24) is 4.90 Å². The number of carbonyl (C=O) groups is 1. The van der Waals surface area contributed by atoms with E-state index in [1.165, 1.54) is 12.8 Å². The van der Waals surface area contributed by atoms with Crippen LogP contribution in [-0.4, -0.2) is 43.2 Å². The summed E-state index contributed by atoms with van der Waals surface area (Å²) in [6.45, 7) is 4.40. The first-order chi connectivity index (χ1) is 7.41. The molecule has 0 aliphatic heterocycles. The third-order valence-corrected chi connectivity index (χ3v) is 3.43. The lowest BCUT2D eigenvalue weighted by molar-refractivity contribution is -0.137. The van der Waals surface area contributed by atoms with Crippen molar-refractivity contribution in [2.24, 2.45) is 11.7 Å². The molecule has 0 spiro atoms. The number of carbonyl (C=O) groups excluding carboxylic acids is 1. The molecule has 0 radical (unpaired) electrons. The van der Waals surface area contributed by atoms with E-state index < -0.39 is 5.60 Å². The highest BCUT2D eigenvalue weighted by molar-refractivity contribution is 5.77. The number of hydrogen-bond donors (Lipinski definition) is 1. The standard InChI is InChI=1S/C12H24N2O2/c1-12(2,16-4)7-11(15)14(3)10(8-13)9-5-6-9/h9-10H,5-8,13H2,1-4H3. The summed E-state index contributed by atoms with van der Waals surface area (Å²) in [5.74, 6) is 0.735. The molecule has 0 aromatic rings. The molecule has 0 bridgehead atoms. The van der Waals surface area contributed by atoms with Gasteiger partial charge in [-0.05, 0) is 32.6 Å². The number of hydrogen-bond acceptors (Lipinski definition) is 3. The average Bonchev–Trinajstić information content (AvgIpc) is 3.02. The molecule has 1 amide bonds. The van der Waals surface area contributed by atoms with E-state index in [0.29, 0.717) is 18.9 Å². The minimum Gasteiger partial charge on any atom is -0.378 e. The maximum absolute atomic E-state index is 12.0. The Hall–Kier alpha value is -0.610. The Morgan fingerprint density at radius 3 is 2.50 bits per heavy atom. The van der Waals surface area contributed by atoms with Gasteiger partial charge in [-0.2, -0.15) is 0 Å². The van der Waals surface area contributed by atoms with Gasteiger partial charge in [-0.15, -0.1) is 0 Å². The number of nitrogens with zero attached hydrogens (tertiary/aromatic N) is 1. The largest absolute Gasteiger partial charge is 0.378 e. The van der Waals surface area contributed by atoms with E-state index in [1.54, 1.807) is 12.0 Å². The number of ether oxygens (including phenoxy) is 1. The zero-order chi connectivity index (χ0) is 12.3. The van der Waals surface area contributed by atoms with Gasteiger partial charge in [0.25, 0.3) is 0 Å². The van der Waals surface area contributed by atoms with E-state index in [9.17, 15) is 4.79 Å². The van der Waals surface area contributed by atoms with Gasteiger partial charge >= 0.3 is 0 Å². The van der Waals surface area contributed by atoms with Gasteiger partial charge in [-0.25, -0.2) is 0 Å². The Bertz CT molecular complexity index is 249. The molecule has 16 heavy (non-hydrogen) atoms. The van der Waals surface area contributed by atoms with Crippen LogP contribution in [0, 0.1) is 5.92 Å². The molecule has 1 fully saturated rings. The first kappa shape index (κ1) is 13.5. The van der Waals surface area contributed by atoms with Crippen molar-refractivity contribution >= 4 is 5.91 Å². The second kappa shape index (κ2) is 5.15. The molecular formula is C12H24N2O2. The fraction of sp³-hybridized carbons (Fsp3) is 0.917. The first-order valence-corrected chi connectivity index (χ1v) is 5.92. The van der Waals surface area contributed by atoms with Crippen LogP contribution in [0.5, 0.6) is 0 Å². The summed E-state index contributed by atoms with van der Waals surface area (Å²) >= 11 is 0. The molecule has 1 saturated carbocycles. The Morgan fingerprint density at radius 2 is 2.12 bits per heavy atom. The fourth-order valence-electron chi connectivity index (χ4n) is 1.89. The molecule has 1 aliphatic carbocycles. The minimum absolute atomic E-state index is 0.120. The molecule has 0 heterocycles. The molecule has 1 unspecified atom stereocenters. The lowest BCUT2D eigenvalue weighted by atomic mass is 10.0. The Kier molecular flexibility index (Phi) is 4.33. The zero-order valence-electron chi connectivity index (χ0n) is 10.8. The summed E-state index contributed by atoms with van der Waals surface area (Å²) in [4.78, 5) is 13.8. The van der Waals surface area contributed by atoms with Crippen molar-refractivity contribution in [2.75, 3.05) is 20.7 Å². The average molecular weight is 228 g/mol. The van der Waals surface area contributed by atoms with Gasteiger partial charge in [0.15, 0.2) is 0 Å². The molecule has 1 aliphatic rings. The lowest BCUT2D eigenvalue weighted by Crippen LogP contribution is -2.45. The lowest BCUT2D eigenvalue weighted by Gasteiger charge is -2.31. The number of rotatable bonds is 6. The molecule has 0 aromatic heterocycles. The molecule has 94 valence electrons. The summed E-state index contributed by atoms with van der Waals surface area (Å²) in [7, 11) is 3.48. The van der Waals surface area contributed by atoms with Gasteiger partial charge in [0.2, 0.25) is 5.91 Å². The molecule has 4 nitrogen and oxygen atoms in total. The van der Waals surface area contributed by atoms with Crippen molar-refractivity contribution in [2.45, 2.75) is 44.8 Å². The monoisotopic (exact) mass is 228 g/mol. The Morgan fingerprint density at radius 1 is 1.56 bits per heavy atom. The van der Waals surface area contributed by atoms with Gasteiger partial charge in [-0.1, -0.05) is 0 Å². The minimum atomic E-state index is -0.395. The van der Waals surface area contributed by atoms with Crippen molar-refractivity contribution in [1.29, 1.82) is 0 Å². The number of amides is 1. The molecular weight excluding hydrogens is 204 g/mol. The van der Waals surface area contributed by atoms with Crippen LogP contribution in [-0.2, 0) is 9.53 Å². The highest BCUT2D eigenvalue weighted by Crippen LogP contribution is 2.35. The topological polar surface area (TPSA) is 55.6 Å². The van der Waals surface area contributed by atoms with E-state index in [-0.39, 0.29) is 11.9 Å². The van der Waals surface area contributed by atoms with E-state index in [0.717, 1.165) is 0 Å². The predicted octanol–water partition coefficient (Wildman–Crippen LogP) is 0.997. The predicted molar refractivity (Wildman–Crippen MR) is 64.0 cm³/mol. The SMILES string of the molecule is COC(C)(C)CC(=O)N(C)C(CN)C1CC1. The van der Waals surface area contributed by atoms with Crippen LogP contribution in [0.2, 0.25) is 0 Å². The van der Waals surface area contributed by atoms with Gasteiger partial charge in [0.1, 0.15) is 0 Å². The molecule has 1 rings (SSSR count). The number of methoxy groups -OCH3 is 1. The normalized spacial score (nSPS) is 18.3. The summed E-state index contributed by atoms with van der Waals surface area (Å²) in [6.07, 6.45) is 2.81. The Labute approximate surface area is 98.1 Å². The van der Waals surface area contributed by atoms with Crippen molar-refractivity contribution in [3.8, 4) is 0 Å². The van der Waals surface area contributed by atoms with Crippen LogP contribution in [0.1, 0.15) is 33.1 Å². The van der Waals surface area contributed by atoms with Crippen LogP contribution in [0.25, 0.3) is 0 Å². The summed E-state index contributed by atoms with van der Waals surface area (Å²) in [6, 6.07) is 0.208. The second-order valence-corrected chi connectivity index (χ2v) is 5.29. The van der Waals surface area contributed by atoms with Crippen LogP contribution < -0.4 is 5.73 Å². The smallest absolute Gasteiger partial charge is 0.225 e. The van der Waals surface area contributed by atoms with Gasteiger partial charge in [0, 0.05) is 26.7 Å². The van der Waals surface area contributed by atoms with Gasteiger partial charge in [0.05, 0.1) is 12.0 Å². The quantitative estimate of drug-likeness (QED) is 0.738. The highest BCUT2D eigenvalue weighted by Gasteiger charge is 2.35. The van der Waals surface area contributed by atoms with Crippen LogP contribution >= 0.6 is 0 Å². The summed E-state index contributed by atoms with van der Waals surface area (Å²) in [5.41, 5.74) is 5.33. The molecule has 0 saturated heterocycles. The molecule has 2 N–H and O–H groups in total. The summed E-state index contributed by atoms with van der Waals surface area (Å²) < 4.78 is 5.27. The molecule has 1 atom stereocenters. The number of nitrogens with two attached hydrogens (primary N) is 1. The van der Waals surface area contributed by atoms with Crippen LogP contribution in [0.15, 0.2) is 0 Å². The second-order valence-electron chi connectivity index (χ2n) is 5.29. The van der Waals surface area contributed by atoms with Crippen molar-refractivity contribution in [3.05, 3.63) is 0 Å². The van der Waals surface area contributed by atoms with E-state index in [2.05, 4.69) is 0 Å². The van der Waals surface area contributed by atoms with E-state index >= 15 is 0 Å². The summed E-state index contributed by atoms with van der Waals surface area (Å²) in [5, 5.41) is 0. The molecule has 0 aromatic carbocycles.